The summed E-state index contributed by atoms with van der Waals surface area (Å²) < 4.78 is 11.1. The summed E-state index contributed by atoms with van der Waals surface area (Å²) in [5.74, 6) is 1.76. The first-order chi connectivity index (χ1) is 7.29. The molecule has 0 saturated heterocycles. The van der Waals surface area contributed by atoms with Crippen LogP contribution in [-0.2, 0) is 17.6 Å². The zero-order chi connectivity index (χ0) is 10.5. The third-order valence-electron chi connectivity index (χ3n) is 3.97. The maximum Gasteiger partial charge on any atom is 0.122 e. The molecule has 2 atom stereocenters. The fourth-order valence-corrected chi connectivity index (χ4v) is 2.91. The number of rotatable bonds is 2. The van der Waals surface area contributed by atoms with Crippen LogP contribution in [0.5, 0.6) is 5.75 Å². The molecule has 0 heterocycles. The molecule has 0 N–H and O–H groups in total. The predicted molar refractivity (Wildman–Crippen MR) is 58.2 cm³/mol. The lowest BCUT2D eigenvalue weighted by atomic mass is 9.89. The van der Waals surface area contributed by atoms with E-state index in [2.05, 4.69) is 12.1 Å². The quantitative estimate of drug-likeness (QED) is 0.735. The van der Waals surface area contributed by atoms with Gasteiger partial charge in [-0.15, -0.1) is 0 Å². The summed E-state index contributed by atoms with van der Waals surface area (Å²) >= 11 is 0. The van der Waals surface area contributed by atoms with E-state index in [0.717, 1.165) is 24.5 Å². The highest BCUT2D eigenvalue weighted by atomic mass is 16.5. The van der Waals surface area contributed by atoms with Crippen LogP contribution >= 0.6 is 0 Å². The third kappa shape index (κ3) is 1.21. The molecule has 0 amide bonds. The van der Waals surface area contributed by atoms with Gasteiger partial charge in [-0.05, 0) is 30.4 Å². The Balaban J connectivity index is 2.02. The van der Waals surface area contributed by atoms with E-state index >= 15 is 0 Å². The monoisotopic (exact) mass is 204 g/mol. The minimum absolute atomic E-state index is 0.141. The lowest BCUT2D eigenvalue weighted by molar-refractivity contribution is 0.0612. The van der Waals surface area contributed by atoms with Crippen LogP contribution in [-0.4, -0.2) is 19.8 Å². The Bertz CT molecular complexity index is 400. The molecule has 2 aliphatic carbocycles. The number of hydrogen-bond donors (Lipinski definition) is 0. The summed E-state index contributed by atoms with van der Waals surface area (Å²) in [6.45, 7) is 0. The average molecular weight is 204 g/mol. The first kappa shape index (κ1) is 9.22. The lowest BCUT2D eigenvalue weighted by Crippen LogP contribution is -2.25. The molecule has 0 radical (unpaired) electrons. The minimum atomic E-state index is 0.141. The minimum Gasteiger partial charge on any atom is -0.496 e. The van der Waals surface area contributed by atoms with Gasteiger partial charge in [0.2, 0.25) is 0 Å². The zero-order valence-electron chi connectivity index (χ0n) is 9.25. The fourth-order valence-electron chi connectivity index (χ4n) is 2.91. The van der Waals surface area contributed by atoms with E-state index in [1.54, 1.807) is 7.11 Å². The topological polar surface area (TPSA) is 18.5 Å². The van der Waals surface area contributed by atoms with Gasteiger partial charge in [-0.2, -0.15) is 0 Å². The van der Waals surface area contributed by atoms with Crippen LogP contribution in [0.1, 0.15) is 17.5 Å². The largest absolute Gasteiger partial charge is 0.496 e. The molecule has 0 spiro atoms. The highest BCUT2D eigenvalue weighted by Gasteiger charge is 2.57. The Hall–Kier alpha value is -1.02. The normalized spacial score (nSPS) is 31.7. The first-order valence-corrected chi connectivity index (χ1v) is 5.49. The zero-order valence-corrected chi connectivity index (χ0v) is 9.25. The summed E-state index contributed by atoms with van der Waals surface area (Å²) in [7, 11) is 3.58. The van der Waals surface area contributed by atoms with E-state index in [9.17, 15) is 0 Å². The van der Waals surface area contributed by atoms with Crippen molar-refractivity contribution in [1.82, 2.24) is 0 Å². The van der Waals surface area contributed by atoms with Crippen molar-refractivity contribution < 1.29 is 9.47 Å². The number of methoxy groups -OCH3 is 2. The average Bonchev–Trinajstić information content (AvgIpc) is 2.98. The molecule has 1 aromatic rings. The van der Waals surface area contributed by atoms with Crippen molar-refractivity contribution in [2.24, 2.45) is 5.92 Å². The highest BCUT2D eigenvalue weighted by molar-refractivity contribution is 5.45. The fraction of sp³-hybridized carbons (Fsp3) is 0.538. The second kappa shape index (κ2) is 2.99. The van der Waals surface area contributed by atoms with Gasteiger partial charge in [0.1, 0.15) is 5.75 Å². The Morgan fingerprint density at radius 2 is 2.20 bits per heavy atom. The van der Waals surface area contributed by atoms with Gasteiger partial charge in [-0.3, -0.25) is 0 Å². The van der Waals surface area contributed by atoms with Gasteiger partial charge in [0.25, 0.3) is 0 Å². The van der Waals surface area contributed by atoms with Crippen LogP contribution in [0.4, 0.5) is 0 Å². The van der Waals surface area contributed by atoms with Gasteiger partial charge in [0.05, 0.1) is 12.7 Å². The van der Waals surface area contributed by atoms with Gasteiger partial charge in [-0.25, -0.2) is 0 Å². The third-order valence-corrected chi connectivity index (χ3v) is 3.97. The van der Waals surface area contributed by atoms with Crippen LogP contribution in [0, 0.1) is 5.92 Å². The Kier molecular flexibility index (Phi) is 1.84. The van der Waals surface area contributed by atoms with Crippen molar-refractivity contribution in [3.63, 3.8) is 0 Å². The van der Waals surface area contributed by atoms with E-state index in [4.69, 9.17) is 9.47 Å². The predicted octanol–water partition coefficient (Wildman–Crippen LogP) is 2.20. The molecule has 0 aromatic heterocycles. The summed E-state index contributed by atoms with van der Waals surface area (Å²) in [4.78, 5) is 0. The molecule has 15 heavy (non-hydrogen) atoms. The lowest BCUT2D eigenvalue weighted by Gasteiger charge is -2.25. The smallest absolute Gasteiger partial charge is 0.122 e. The van der Waals surface area contributed by atoms with Gasteiger partial charge in [-0.1, -0.05) is 12.1 Å². The van der Waals surface area contributed by atoms with E-state index in [1.807, 2.05) is 13.2 Å². The summed E-state index contributed by atoms with van der Waals surface area (Å²) in [5, 5.41) is 0. The summed E-state index contributed by atoms with van der Waals surface area (Å²) in [6, 6.07) is 6.35. The van der Waals surface area contributed by atoms with Gasteiger partial charge < -0.3 is 9.47 Å². The number of hydrogen-bond acceptors (Lipinski definition) is 2. The second-order valence-corrected chi connectivity index (χ2v) is 4.65. The molecule has 2 unspecified atom stereocenters. The van der Waals surface area contributed by atoms with Crippen molar-refractivity contribution in [2.75, 3.05) is 14.2 Å². The standard InChI is InChI=1S/C13H16O2/c1-14-12-5-3-4-9-6-10-7-13(10,15-2)8-11(9)12/h3-5,10H,6-8H2,1-2H3. The van der Waals surface area contributed by atoms with E-state index < -0.39 is 0 Å². The van der Waals surface area contributed by atoms with Crippen molar-refractivity contribution in [3.8, 4) is 5.75 Å². The van der Waals surface area contributed by atoms with Crippen molar-refractivity contribution in [1.29, 1.82) is 0 Å². The van der Waals surface area contributed by atoms with Gasteiger partial charge in [0.15, 0.2) is 0 Å². The summed E-state index contributed by atoms with van der Waals surface area (Å²) in [5.41, 5.74) is 2.95. The maximum atomic E-state index is 5.65. The molecule has 1 saturated carbocycles. The molecule has 80 valence electrons. The van der Waals surface area contributed by atoms with E-state index in [-0.39, 0.29) is 5.60 Å². The Morgan fingerprint density at radius 1 is 1.33 bits per heavy atom. The van der Waals surface area contributed by atoms with Crippen LogP contribution in [0.2, 0.25) is 0 Å². The van der Waals surface area contributed by atoms with Crippen LogP contribution in [0.25, 0.3) is 0 Å². The molecular formula is C13H16O2. The molecule has 2 heteroatoms. The van der Waals surface area contributed by atoms with Crippen molar-refractivity contribution >= 4 is 0 Å². The molecule has 0 bridgehead atoms. The number of ether oxygens (including phenoxy) is 2. The molecule has 0 aliphatic heterocycles. The first-order valence-electron chi connectivity index (χ1n) is 5.49. The Morgan fingerprint density at radius 3 is 2.93 bits per heavy atom. The molecule has 2 aliphatic rings. The van der Waals surface area contributed by atoms with Crippen molar-refractivity contribution in [3.05, 3.63) is 29.3 Å². The second-order valence-electron chi connectivity index (χ2n) is 4.65. The maximum absolute atomic E-state index is 5.65. The molecular weight excluding hydrogens is 188 g/mol. The van der Waals surface area contributed by atoms with Crippen LogP contribution < -0.4 is 4.74 Å². The SMILES string of the molecule is COc1cccc2c1CC1(OC)CC1C2. The molecule has 1 aromatic carbocycles. The van der Waals surface area contributed by atoms with Gasteiger partial charge in [0, 0.05) is 19.1 Å². The Labute approximate surface area is 90.2 Å². The van der Waals surface area contributed by atoms with E-state index in [1.165, 1.54) is 17.5 Å². The van der Waals surface area contributed by atoms with Crippen LogP contribution in [0.15, 0.2) is 18.2 Å². The molecule has 1 fully saturated rings. The van der Waals surface area contributed by atoms with Crippen LogP contribution in [0.3, 0.4) is 0 Å². The molecule has 2 nitrogen and oxygen atoms in total. The molecule has 3 rings (SSSR count). The van der Waals surface area contributed by atoms with E-state index in [0.29, 0.717) is 0 Å². The number of fused-ring (bicyclic) bond motifs is 2. The highest BCUT2D eigenvalue weighted by Crippen LogP contribution is 2.55. The summed E-state index contributed by atoms with van der Waals surface area (Å²) in [6.07, 6.45) is 3.38. The number of benzene rings is 1. The van der Waals surface area contributed by atoms with Gasteiger partial charge >= 0.3 is 0 Å². The van der Waals surface area contributed by atoms with Crippen molar-refractivity contribution in [2.45, 2.75) is 24.9 Å².